The van der Waals surface area contributed by atoms with Crippen molar-refractivity contribution in [3.05, 3.63) is 0 Å². The van der Waals surface area contributed by atoms with Crippen molar-refractivity contribution in [1.82, 2.24) is 0 Å². The van der Waals surface area contributed by atoms with Crippen LogP contribution in [-0.2, 0) is 9.47 Å². The molecule has 0 aromatic rings. The van der Waals surface area contributed by atoms with Gasteiger partial charge in [-0.05, 0) is 0 Å². The molecular formula is C9H8F12O2. The Morgan fingerprint density at radius 1 is 0.565 bits per heavy atom. The van der Waals surface area contributed by atoms with E-state index in [2.05, 4.69) is 9.47 Å². The van der Waals surface area contributed by atoms with Crippen molar-refractivity contribution in [3.63, 3.8) is 0 Å². The predicted octanol–water partition coefficient (Wildman–Crippen LogP) is 4.05. The van der Waals surface area contributed by atoms with E-state index in [-0.39, 0.29) is 0 Å². The Balaban J connectivity index is 4.29. The van der Waals surface area contributed by atoms with Gasteiger partial charge in [-0.25, -0.2) is 26.3 Å². The summed E-state index contributed by atoms with van der Waals surface area (Å²) < 4.78 is 153. The van der Waals surface area contributed by atoms with E-state index < -0.39 is 56.5 Å². The second-order valence-electron chi connectivity index (χ2n) is 4.15. The number of rotatable bonds is 8. The van der Waals surface area contributed by atoms with Gasteiger partial charge in [0.25, 0.3) is 12.3 Å². The maximum Gasteiger partial charge on any atom is 0.425 e. The van der Waals surface area contributed by atoms with Crippen LogP contribution in [0, 0.1) is 0 Å². The third-order valence-electron chi connectivity index (χ3n) is 2.07. The van der Waals surface area contributed by atoms with Gasteiger partial charge in [-0.3, -0.25) is 0 Å². The Bertz CT molecular complexity index is 329. The molecular weight excluding hydrogens is 368 g/mol. The zero-order chi connectivity index (χ0) is 18.7. The molecule has 0 N–H and O–H groups in total. The zero-order valence-electron chi connectivity index (χ0n) is 10.6. The summed E-state index contributed by atoms with van der Waals surface area (Å²) in [6.45, 7) is -6.14. The summed E-state index contributed by atoms with van der Waals surface area (Å²) in [6.07, 6.45) is -21.1. The van der Waals surface area contributed by atoms with Crippen LogP contribution < -0.4 is 0 Å². The van der Waals surface area contributed by atoms with Gasteiger partial charge in [0.05, 0.1) is 0 Å². The van der Waals surface area contributed by atoms with Crippen molar-refractivity contribution in [2.75, 3.05) is 20.0 Å². The Morgan fingerprint density at radius 2 is 0.826 bits per heavy atom. The number of hydrogen-bond donors (Lipinski definition) is 0. The molecule has 14 heteroatoms. The Kier molecular flexibility index (Phi) is 7.03. The molecule has 140 valence electrons. The molecule has 0 aromatic carbocycles. The van der Waals surface area contributed by atoms with Gasteiger partial charge in [-0.15, -0.1) is 0 Å². The molecule has 0 radical (unpaired) electrons. The lowest BCUT2D eigenvalue weighted by Crippen LogP contribution is -2.46. The molecule has 0 fully saturated rings. The molecule has 2 atom stereocenters. The van der Waals surface area contributed by atoms with Crippen molar-refractivity contribution in [2.24, 2.45) is 0 Å². The summed E-state index contributed by atoms with van der Waals surface area (Å²) in [5.74, 6) is -10.2. The van der Waals surface area contributed by atoms with Crippen LogP contribution in [-0.4, -0.2) is 56.5 Å². The standard InChI is InChI=1S/C9H8F12O2/c10-4(8(16,17)18)6(12,13)1-22-3-23-2-7(14,15)5(11)9(19,20)21/h4-5H,1-3H2. The Labute approximate surface area is 120 Å². The smallest absolute Gasteiger partial charge is 0.349 e. The molecule has 0 amide bonds. The van der Waals surface area contributed by atoms with Gasteiger partial charge in [-0.2, -0.15) is 26.3 Å². The molecule has 23 heavy (non-hydrogen) atoms. The predicted molar refractivity (Wildman–Crippen MR) is 48.6 cm³/mol. The van der Waals surface area contributed by atoms with E-state index in [4.69, 9.17) is 0 Å². The van der Waals surface area contributed by atoms with Crippen LogP contribution in [0.25, 0.3) is 0 Å². The summed E-state index contributed by atoms with van der Waals surface area (Å²) in [5, 5.41) is 0. The van der Waals surface area contributed by atoms with Crippen molar-refractivity contribution in [3.8, 4) is 0 Å². The molecule has 0 aromatic heterocycles. The van der Waals surface area contributed by atoms with Crippen molar-refractivity contribution >= 4 is 0 Å². The molecule has 0 aliphatic heterocycles. The maximum atomic E-state index is 12.6. The highest BCUT2D eigenvalue weighted by Gasteiger charge is 2.58. The van der Waals surface area contributed by atoms with E-state index in [9.17, 15) is 52.7 Å². The molecule has 0 bridgehead atoms. The van der Waals surface area contributed by atoms with Crippen LogP contribution in [0.3, 0.4) is 0 Å². The molecule has 0 aliphatic carbocycles. The fraction of sp³-hybridized carbons (Fsp3) is 1.00. The van der Waals surface area contributed by atoms with Gasteiger partial charge in [0.1, 0.15) is 20.0 Å². The molecule has 0 saturated carbocycles. The lowest BCUT2D eigenvalue weighted by atomic mass is 10.2. The largest absolute Gasteiger partial charge is 0.425 e. The first-order chi connectivity index (χ1) is 10.0. The van der Waals surface area contributed by atoms with Crippen LogP contribution in [0.2, 0.25) is 0 Å². The lowest BCUT2D eigenvalue weighted by molar-refractivity contribution is -0.271. The fourth-order valence-corrected chi connectivity index (χ4v) is 1.04. The summed E-state index contributed by atoms with van der Waals surface area (Å²) >= 11 is 0. The molecule has 0 heterocycles. The Morgan fingerprint density at radius 3 is 1.04 bits per heavy atom. The van der Waals surface area contributed by atoms with E-state index in [1.165, 1.54) is 0 Å². The van der Waals surface area contributed by atoms with Crippen molar-refractivity contribution < 1.29 is 62.2 Å². The highest BCUT2D eigenvalue weighted by molar-refractivity contribution is 4.83. The second-order valence-corrected chi connectivity index (χ2v) is 4.15. The summed E-state index contributed by atoms with van der Waals surface area (Å²) in [6, 6.07) is 0. The van der Waals surface area contributed by atoms with Crippen LogP contribution >= 0.6 is 0 Å². The minimum absolute atomic E-state index is 1.64. The van der Waals surface area contributed by atoms with E-state index in [0.29, 0.717) is 0 Å². The molecule has 0 spiro atoms. The number of ether oxygens (including phenoxy) is 2. The molecule has 0 rings (SSSR count). The van der Waals surface area contributed by atoms with Crippen LogP contribution in [0.5, 0.6) is 0 Å². The third kappa shape index (κ3) is 7.01. The lowest BCUT2D eigenvalue weighted by Gasteiger charge is -2.24. The van der Waals surface area contributed by atoms with Crippen LogP contribution in [0.4, 0.5) is 52.7 Å². The number of hydrogen-bond acceptors (Lipinski definition) is 2. The van der Waals surface area contributed by atoms with Crippen molar-refractivity contribution in [2.45, 2.75) is 36.5 Å². The SMILES string of the molecule is FC(C(F)(F)F)C(F)(F)COCOCC(F)(F)C(F)C(F)(F)F. The summed E-state index contributed by atoms with van der Waals surface area (Å²) in [7, 11) is 0. The van der Waals surface area contributed by atoms with Gasteiger partial charge < -0.3 is 9.47 Å². The van der Waals surface area contributed by atoms with Crippen molar-refractivity contribution in [1.29, 1.82) is 0 Å². The minimum atomic E-state index is -5.92. The topological polar surface area (TPSA) is 18.5 Å². The van der Waals surface area contributed by atoms with Gasteiger partial charge in [0.2, 0.25) is 0 Å². The third-order valence-corrected chi connectivity index (χ3v) is 2.07. The summed E-state index contributed by atoms with van der Waals surface area (Å²) in [4.78, 5) is 0. The maximum absolute atomic E-state index is 12.6. The monoisotopic (exact) mass is 376 g/mol. The van der Waals surface area contributed by atoms with Gasteiger partial charge in [0, 0.05) is 0 Å². The van der Waals surface area contributed by atoms with Gasteiger partial charge in [0.15, 0.2) is 0 Å². The fourth-order valence-electron chi connectivity index (χ4n) is 1.04. The van der Waals surface area contributed by atoms with Gasteiger partial charge in [-0.1, -0.05) is 0 Å². The molecule has 0 saturated heterocycles. The first-order valence-electron chi connectivity index (χ1n) is 5.34. The van der Waals surface area contributed by atoms with E-state index in [0.717, 1.165) is 0 Å². The average Bonchev–Trinajstić information content (AvgIpc) is 2.34. The summed E-state index contributed by atoms with van der Waals surface area (Å²) in [5.41, 5.74) is 0. The molecule has 2 unspecified atom stereocenters. The molecule has 2 nitrogen and oxygen atoms in total. The highest BCUT2D eigenvalue weighted by atomic mass is 19.4. The highest BCUT2D eigenvalue weighted by Crippen LogP contribution is 2.36. The van der Waals surface area contributed by atoms with Crippen LogP contribution in [0.15, 0.2) is 0 Å². The molecule has 0 aliphatic rings. The van der Waals surface area contributed by atoms with E-state index >= 15 is 0 Å². The van der Waals surface area contributed by atoms with E-state index in [1.54, 1.807) is 0 Å². The van der Waals surface area contributed by atoms with E-state index in [1.807, 2.05) is 0 Å². The first kappa shape index (κ1) is 22.1. The normalized spacial score (nSPS) is 17.2. The number of halogens is 12. The quantitative estimate of drug-likeness (QED) is 0.362. The minimum Gasteiger partial charge on any atom is -0.349 e. The Hall–Kier alpha value is -0.920. The second kappa shape index (κ2) is 7.32. The van der Waals surface area contributed by atoms with Crippen LogP contribution in [0.1, 0.15) is 0 Å². The average molecular weight is 376 g/mol. The zero-order valence-corrected chi connectivity index (χ0v) is 10.6. The number of alkyl halides is 12. The van der Waals surface area contributed by atoms with Gasteiger partial charge >= 0.3 is 24.2 Å². The first-order valence-corrected chi connectivity index (χ1v) is 5.34.